The summed E-state index contributed by atoms with van der Waals surface area (Å²) in [6.45, 7) is 3.67. The van der Waals surface area contributed by atoms with E-state index < -0.39 is 0 Å². The first-order chi connectivity index (χ1) is 12.6. The lowest BCUT2D eigenvalue weighted by Crippen LogP contribution is -2.28. The van der Waals surface area contributed by atoms with Crippen LogP contribution in [0.2, 0.25) is 5.02 Å². The summed E-state index contributed by atoms with van der Waals surface area (Å²) in [4.78, 5) is 14.1. The lowest BCUT2D eigenvalue weighted by Gasteiger charge is -2.20. The summed E-state index contributed by atoms with van der Waals surface area (Å²) in [5.74, 6) is 0.626. The maximum atomic E-state index is 13.3. The fourth-order valence-corrected chi connectivity index (χ4v) is 2.97. The molecule has 0 aromatic heterocycles. The van der Waals surface area contributed by atoms with Crippen LogP contribution in [0.15, 0.2) is 42.5 Å². The number of amides is 1. The average Bonchev–Trinajstić information content (AvgIpc) is 2.64. The maximum absolute atomic E-state index is 13.3. The molecule has 0 unspecified atom stereocenters. The number of fused-ring (bicyclic) bond motifs is 1. The number of nitrogens with zero attached hydrogens (tertiary/aromatic N) is 1. The van der Waals surface area contributed by atoms with Gasteiger partial charge in [-0.1, -0.05) is 23.7 Å². The van der Waals surface area contributed by atoms with Crippen molar-refractivity contribution < 1.29 is 18.7 Å². The Balaban J connectivity index is 1.72. The maximum Gasteiger partial charge on any atom is 0.246 e. The molecule has 4 nitrogen and oxygen atoms in total. The monoisotopic (exact) mass is 375 g/mol. The van der Waals surface area contributed by atoms with Crippen molar-refractivity contribution in [2.75, 3.05) is 19.8 Å². The molecule has 0 bridgehead atoms. The number of likely N-dealkylation sites (N-methyl/N-ethyl adjacent to an activating group) is 1. The highest BCUT2D eigenvalue weighted by molar-refractivity contribution is 6.32. The van der Waals surface area contributed by atoms with Crippen molar-refractivity contribution in [2.24, 2.45) is 0 Å². The first kappa shape index (κ1) is 18.3. The summed E-state index contributed by atoms with van der Waals surface area (Å²) < 4.78 is 24.3. The Labute approximate surface area is 156 Å². The van der Waals surface area contributed by atoms with E-state index in [9.17, 15) is 9.18 Å². The second kappa shape index (κ2) is 8.23. The molecule has 1 heterocycles. The van der Waals surface area contributed by atoms with Crippen molar-refractivity contribution >= 4 is 23.6 Å². The van der Waals surface area contributed by atoms with Gasteiger partial charge in [-0.3, -0.25) is 4.79 Å². The van der Waals surface area contributed by atoms with E-state index in [4.69, 9.17) is 21.1 Å². The highest BCUT2D eigenvalue weighted by atomic mass is 35.5. The number of hydrogen-bond acceptors (Lipinski definition) is 3. The Kier molecular flexibility index (Phi) is 5.78. The van der Waals surface area contributed by atoms with E-state index in [0.29, 0.717) is 42.8 Å². The summed E-state index contributed by atoms with van der Waals surface area (Å²) in [7, 11) is 0. The number of benzene rings is 2. The van der Waals surface area contributed by atoms with Crippen LogP contribution in [0.4, 0.5) is 4.39 Å². The van der Waals surface area contributed by atoms with Crippen LogP contribution in [0.5, 0.6) is 11.5 Å². The van der Waals surface area contributed by atoms with Gasteiger partial charge in [-0.2, -0.15) is 0 Å². The number of hydrogen-bond donors (Lipinski definition) is 0. The largest absolute Gasteiger partial charge is 0.486 e. The molecule has 1 aliphatic heterocycles. The molecule has 6 heteroatoms. The van der Waals surface area contributed by atoms with Gasteiger partial charge < -0.3 is 14.4 Å². The minimum atomic E-state index is -0.313. The number of halogens is 2. The molecule has 0 N–H and O–H groups in total. The first-order valence-electron chi connectivity index (χ1n) is 8.37. The van der Waals surface area contributed by atoms with E-state index in [2.05, 4.69) is 0 Å². The van der Waals surface area contributed by atoms with Crippen LogP contribution in [0, 0.1) is 5.82 Å². The summed E-state index contributed by atoms with van der Waals surface area (Å²) >= 11 is 6.20. The Morgan fingerprint density at radius 1 is 1.27 bits per heavy atom. The molecule has 1 amide bonds. The zero-order valence-electron chi connectivity index (χ0n) is 14.4. The fourth-order valence-electron chi connectivity index (χ4n) is 2.70. The Bertz CT molecular complexity index is 838. The quantitative estimate of drug-likeness (QED) is 0.731. The molecule has 0 aliphatic carbocycles. The van der Waals surface area contributed by atoms with Crippen molar-refractivity contribution in [2.45, 2.75) is 13.5 Å². The second-order valence-corrected chi connectivity index (χ2v) is 6.25. The van der Waals surface area contributed by atoms with E-state index in [1.807, 2.05) is 6.92 Å². The number of ether oxygens (including phenoxy) is 2. The van der Waals surface area contributed by atoms with E-state index >= 15 is 0 Å². The summed E-state index contributed by atoms with van der Waals surface area (Å²) in [5, 5.41) is 0.446. The van der Waals surface area contributed by atoms with Gasteiger partial charge in [0.05, 0.1) is 5.02 Å². The lowest BCUT2D eigenvalue weighted by atomic mass is 10.1. The van der Waals surface area contributed by atoms with Gasteiger partial charge >= 0.3 is 0 Å². The van der Waals surface area contributed by atoms with Crippen molar-refractivity contribution in [3.63, 3.8) is 0 Å². The molecule has 0 radical (unpaired) electrons. The van der Waals surface area contributed by atoms with Crippen molar-refractivity contribution in [1.29, 1.82) is 0 Å². The third-order valence-electron chi connectivity index (χ3n) is 3.99. The van der Waals surface area contributed by atoms with Crippen LogP contribution in [0.25, 0.3) is 6.08 Å². The van der Waals surface area contributed by atoms with Crippen LogP contribution >= 0.6 is 11.6 Å². The topological polar surface area (TPSA) is 38.8 Å². The third-order valence-corrected chi connectivity index (χ3v) is 4.27. The standard InChI is InChI=1S/C20H19ClFNO3/c1-2-23(13-15-4-3-5-16(22)10-15)19(24)7-6-14-11-17(21)20-18(12-14)25-8-9-26-20/h3-7,10-12H,2,8-9,13H2,1H3/b7-6+. The van der Waals surface area contributed by atoms with Gasteiger partial charge in [-0.25, -0.2) is 4.39 Å². The van der Waals surface area contributed by atoms with Crippen LogP contribution in [0.3, 0.4) is 0 Å². The van der Waals surface area contributed by atoms with Crippen LogP contribution in [-0.2, 0) is 11.3 Å². The van der Waals surface area contributed by atoms with Crippen molar-refractivity contribution in [1.82, 2.24) is 4.90 Å². The van der Waals surface area contributed by atoms with E-state index in [1.54, 1.807) is 35.2 Å². The smallest absolute Gasteiger partial charge is 0.246 e. The molecule has 3 rings (SSSR count). The van der Waals surface area contributed by atoms with E-state index in [1.165, 1.54) is 18.2 Å². The van der Waals surface area contributed by atoms with Gasteiger partial charge in [0.1, 0.15) is 19.0 Å². The number of carbonyl (C=O) groups is 1. The zero-order valence-corrected chi connectivity index (χ0v) is 15.1. The highest BCUT2D eigenvalue weighted by Gasteiger charge is 2.16. The molecule has 1 aliphatic rings. The van der Waals surface area contributed by atoms with E-state index in [-0.39, 0.29) is 11.7 Å². The van der Waals surface area contributed by atoms with Crippen LogP contribution < -0.4 is 9.47 Å². The predicted molar refractivity (Wildman–Crippen MR) is 99.0 cm³/mol. The normalized spacial score (nSPS) is 13.0. The first-order valence-corrected chi connectivity index (χ1v) is 8.75. The predicted octanol–water partition coefficient (Wildman–Crippen LogP) is 4.31. The van der Waals surface area contributed by atoms with Gasteiger partial charge in [0.2, 0.25) is 5.91 Å². The third kappa shape index (κ3) is 4.35. The number of rotatable bonds is 5. The molecule has 0 saturated heterocycles. The molecule has 0 atom stereocenters. The molecule has 0 saturated carbocycles. The molecular formula is C20H19ClFNO3. The summed E-state index contributed by atoms with van der Waals surface area (Å²) in [6, 6.07) is 9.75. The zero-order chi connectivity index (χ0) is 18.5. The minimum absolute atomic E-state index is 0.164. The number of carbonyl (C=O) groups excluding carboxylic acids is 1. The summed E-state index contributed by atoms with van der Waals surface area (Å²) in [6.07, 6.45) is 3.16. The molecule has 0 fully saturated rings. The molecule has 136 valence electrons. The fraction of sp³-hybridized carbons (Fsp3) is 0.250. The van der Waals surface area contributed by atoms with Gasteiger partial charge in [0.25, 0.3) is 0 Å². The van der Waals surface area contributed by atoms with Crippen molar-refractivity contribution in [3.05, 3.63) is 64.4 Å². The van der Waals surface area contributed by atoms with Gasteiger partial charge in [-0.05, 0) is 48.4 Å². The SMILES string of the molecule is CCN(Cc1cccc(F)c1)C(=O)/C=C/c1cc(Cl)c2c(c1)OCCO2. The molecule has 2 aromatic carbocycles. The molecule has 26 heavy (non-hydrogen) atoms. The Morgan fingerprint density at radius 2 is 2.08 bits per heavy atom. The van der Waals surface area contributed by atoms with Gasteiger partial charge in [-0.15, -0.1) is 0 Å². The highest BCUT2D eigenvalue weighted by Crippen LogP contribution is 2.38. The molecular weight excluding hydrogens is 357 g/mol. The Morgan fingerprint density at radius 3 is 2.85 bits per heavy atom. The van der Waals surface area contributed by atoms with E-state index in [0.717, 1.165) is 11.1 Å². The van der Waals surface area contributed by atoms with Crippen molar-refractivity contribution in [3.8, 4) is 11.5 Å². The van der Waals surface area contributed by atoms with Crippen LogP contribution in [-0.4, -0.2) is 30.6 Å². The lowest BCUT2D eigenvalue weighted by molar-refractivity contribution is -0.126. The summed E-state index contributed by atoms with van der Waals surface area (Å²) in [5.41, 5.74) is 1.49. The molecule has 2 aromatic rings. The average molecular weight is 376 g/mol. The van der Waals surface area contributed by atoms with Gasteiger partial charge in [0.15, 0.2) is 11.5 Å². The molecule has 0 spiro atoms. The van der Waals surface area contributed by atoms with Crippen LogP contribution in [0.1, 0.15) is 18.1 Å². The minimum Gasteiger partial charge on any atom is -0.486 e. The Hall–Kier alpha value is -2.53. The van der Waals surface area contributed by atoms with Gasteiger partial charge in [0, 0.05) is 19.2 Å². The second-order valence-electron chi connectivity index (χ2n) is 5.84.